The molecule has 110 valence electrons. The van der Waals surface area contributed by atoms with E-state index in [2.05, 4.69) is 0 Å². The Balaban J connectivity index is 1.97. The van der Waals surface area contributed by atoms with E-state index in [0.29, 0.717) is 19.6 Å². The van der Waals surface area contributed by atoms with E-state index >= 15 is 0 Å². The van der Waals surface area contributed by atoms with E-state index in [1.165, 1.54) is 0 Å². The first kappa shape index (κ1) is 15.1. The average Bonchev–Trinajstić information content (AvgIpc) is 2.88. The molecule has 0 saturated carbocycles. The normalized spacial score (nSPS) is 20.8. The van der Waals surface area contributed by atoms with E-state index in [1.807, 2.05) is 36.1 Å². The van der Waals surface area contributed by atoms with Crippen LogP contribution in [0.2, 0.25) is 0 Å². The summed E-state index contributed by atoms with van der Waals surface area (Å²) in [6.07, 6.45) is 1.63. The van der Waals surface area contributed by atoms with Gasteiger partial charge in [0, 0.05) is 6.54 Å². The summed E-state index contributed by atoms with van der Waals surface area (Å²) in [5.74, 6) is 0.0720. The van der Waals surface area contributed by atoms with Gasteiger partial charge in [-0.1, -0.05) is 12.1 Å². The van der Waals surface area contributed by atoms with Crippen LogP contribution in [-0.2, 0) is 4.79 Å². The highest BCUT2D eigenvalue weighted by atomic mass is 35.5. The van der Waals surface area contributed by atoms with Gasteiger partial charge in [-0.25, -0.2) is 0 Å². The van der Waals surface area contributed by atoms with Crippen molar-refractivity contribution in [2.45, 2.75) is 31.2 Å². The van der Waals surface area contributed by atoms with Crippen molar-refractivity contribution in [2.24, 2.45) is 0 Å². The molecule has 0 bridgehead atoms. The van der Waals surface area contributed by atoms with Crippen LogP contribution in [0.25, 0.3) is 0 Å². The van der Waals surface area contributed by atoms with Gasteiger partial charge in [0.2, 0.25) is 0 Å². The SMILES string of the molecule is CCOc1ccc(C(Cl)CN2CCCC2C(=O)O)cc1. The van der Waals surface area contributed by atoms with E-state index < -0.39 is 5.97 Å². The molecular weight excluding hydrogens is 278 g/mol. The molecule has 1 aliphatic heterocycles. The molecule has 0 aromatic heterocycles. The van der Waals surface area contributed by atoms with Crippen molar-refractivity contribution in [3.8, 4) is 5.75 Å². The third-order valence-corrected chi connectivity index (χ3v) is 3.99. The van der Waals surface area contributed by atoms with Gasteiger partial charge in [-0.05, 0) is 44.0 Å². The molecule has 1 aromatic rings. The van der Waals surface area contributed by atoms with Gasteiger partial charge in [0.05, 0.1) is 12.0 Å². The van der Waals surface area contributed by atoms with Gasteiger partial charge in [-0.15, -0.1) is 11.6 Å². The molecule has 2 rings (SSSR count). The topological polar surface area (TPSA) is 49.8 Å². The summed E-state index contributed by atoms with van der Waals surface area (Å²) in [7, 11) is 0. The minimum absolute atomic E-state index is 0.203. The number of carboxylic acid groups (broad SMARTS) is 1. The molecule has 4 nitrogen and oxygen atoms in total. The molecule has 0 spiro atoms. The fourth-order valence-electron chi connectivity index (χ4n) is 2.58. The number of ether oxygens (including phenoxy) is 1. The largest absolute Gasteiger partial charge is 0.494 e. The molecule has 1 heterocycles. The van der Waals surface area contributed by atoms with Crippen LogP contribution in [0.5, 0.6) is 5.75 Å². The number of carbonyl (C=O) groups is 1. The molecule has 2 unspecified atom stereocenters. The van der Waals surface area contributed by atoms with E-state index in [1.54, 1.807) is 0 Å². The first-order valence-corrected chi connectivity index (χ1v) is 7.39. The quantitative estimate of drug-likeness (QED) is 0.820. The number of benzene rings is 1. The Bertz CT molecular complexity index is 449. The lowest BCUT2D eigenvalue weighted by molar-refractivity contribution is -0.142. The summed E-state index contributed by atoms with van der Waals surface area (Å²) in [5, 5.41) is 8.96. The van der Waals surface area contributed by atoms with Crippen LogP contribution in [0.3, 0.4) is 0 Å². The summed E-state index contributed by atoms with van der Waals surface area (Å²) in [6.45, 7) is 3.94. The van der Waals surface area contributed by atoms with Crippen LogP contribution in [0.15, 0.2) is 24.3 Å². The summed E-state index contributed by atoms with van der Waals surface area (Å²) in [4.78, 5) is 13.1. The van der Waals surface area contributed by atoms with Crippen LogP contribution in [0, 0.1) is 0 Å². The minimum Gasteiger partial charge on any atom is -0.494 e. The molecule has 5 heteroatoms. The number of carboxylic acids is 1. The highest BCUT2D eigenvalue weighted by Gasteiger charge is 2.31. The smallest absolute Gasteiger partial charge is 0.320 e. The Morgan fingerprint density at radius 2 is 2.20 bits per heavy atom. The maximum Gasteiger partial charge on any atom is 0.320 e. The van der Waals surface area contributed by atoms with E-state index in [9.17, 15) is 4.79 Å². The molecule has 1 N–H and O–H groups in total. The third-order valence-electron chi connectivity index (χ3n) is 3.60. The molecule has 1 fully saturated rings. The first-order chi connectivity index (χ1) is 9.61. The maximum absolute atomic E-state index is 11.1. The van der Waals surface area contributed by atoms with Crippen LogP contribution in [-0.4, -0.2) is 41.7 Å². The molecule has 1 aromatic carbocycles. The number of halogens is 1. The molecule has 0 aliphatic carbocycles. The second-order valence-electron chi connectivity index (χ2n) is 4.96. The summed E-state index contributed by atoms with van der Waals surface area (Å²) in [6, 6.07) is 7.28. The van der Waals surface area contributed by atoms with Crippen LogP contribution in [0.1, 0.15) is 30.7 Å². The van der Waals surface area contributed by atoms with Gasteiger partial charge in [0.1, 0.15) is 11.8 Å². The van der Waals surface area contributed by atoms with Crippen LogP contribution < -0.4 is 4.74 Å². The number of aliphatic carboxylic acids is 1. The maximum atomic E-state index is 11.1. The van der Waals surface area contributed by atoms with Crippen molar-refractivity contribution in [1.29, 1.82) is 0 Å². The van der Waals surface area contributed by atoms with E-state index in [0.717, 1.165) is 24.3 Å². The number of rotatable bonds is 6. The standard InChI is InChI=1S/C15H20ClNO3/c1-2-20-12-7-5-11(6-8-12)13(16)10-17-9-3-4-14(17)15(18)19/h5-8,13-14H,2-4,9-10H2,1H3,(H,18,19). The van der Waals surface area contributed by atoms with Crippen molar-refractivity contribution in [3.63, 3.8) is 0 Å². The predicted octanol–water partition coefficient (Wildman–Crippen LogP) is 2.91. The molecular formula is C15H20ClNO3. The molecule has 1 aliphatic rings. The number of nitrogens with zero attached hydrogens (tertiary/aromatic N) is 1. The molecule has 0 radical (unpaired) electrons. The lowest BCUT2D eigenvalue weighted by Gasteiger charge is -2.23. The zero-order chi connectivity index (χ0) is 14.5. The lowest BCUT2D eigenvalue weighted by Crippen LogP contribution is -2.37. The molecule has 2 atom stereocenters. The van der Waals surface area contributed by atoms with Gasteiger partial charge in [-0.2, -0.15) is 0 Å². The zero-order valence-corrected chi connectivity index (χ0v) is 12.3. The van der Waals surface area contributed by atoms with Crippen LogP contribution >= 0.6 is 11.6 Å². The summed E-state index contributed by atoms with van der Waals surface area (Å²) < 4.78 is 5.39. The van der Waals surface area contributed by atoms with Crippen molar-refractivity contribution in [3.05, 3.63) is 29.8 Å². The summed E-state index contributed by atoms with van der Waals surface area (Å²) >= 11 is 6.41. The van der Waals surface area contributed by atoms with Gasteiger partial charge < -0.3 is 9.84 Å². The molecule has 0 amide bonds. The highest BCUT2D eigenvalue weighted by molar-refractivity contribution is 6.21. The number of hydrogen-bond donors (Lipinski definition) is 1. The zero-order valence-electron chi connectivity index (χ0n) is 11.6. The Hall–Kier alpha value is -1.26. The minimum atomic E-state index is -0.752. The first-order valence-electron chi connectivity index (χ1n) is 6.95. The Labute approximate surface area is 124 Å². The lowest BCUT2D eigenvalue weighted by atomic mass is 10.1. The van der Waals surface area contributed by atoms with Gasteiger partial charge >= 0.3 is 5.97 Å². The van der Waals surface area contributed by atoms with Gasteiger partial charge in [0.25, 0.3) is 0 Å². The number of alkyl halides is 1. The predicted molar refractivity (Wildman–Crippen MR) is 78.4 cm³/mol. The fraction of sp³-hybridized carbons (Fsp3) is 0.533. The van der Waals surface area contributed by atoms with Gasteiger partial charge in [-0.3, -0.25) is 9.69 Å². The third kappa shape index (κ3) is 3.64. The van der Waals surface area contributed by atoms with Crippen molar-refractivity contribution in [2.75, 3.05) is 19.7 Å². The number of likely N-dealkylation sites (tertiary alicyclic amines) is 1. The average molecular weight is 298 g/mol. The monoisotopic (exact) mass is 297 g/mol. The Kier molecular flexibility index (Phi) is 5.26. The van der Waals surface area contributed by atoms with Gasteiger partial charge in [0.15, 0.2) is 0 Å². The fourth-order valence-corrected chi connectivity index (χ4v) is 2.90. The Morgan fingerprint density at radius 1 is 1.50 bits per heavy atom. The summed E-state index contributed by atoms with van der Waals surface area (Å²) in [5.41, 5.74) is 0.992. The molecule has 20 heavy (non-hydrogen) atoms. The van der Waals surface area contributed by atoms with Crippen LogP contribution in [0.4, 0.5) is 0 Å². The van der Waals surface area contributed by atoms with Crippen molar-refractivity contribution >= 4 is 17.6 Å². The van der Waals surface area contributed by atoms with E-state index in [4.69, 9.17) is 21.4 Å². The molecule has 1 saturated heterocycles. The Morgan fingerprint density at radius 3 is 2.80 bits per heavy atom. The number of hydrogen-bond acceptors (Lipinski definition) is 3. The second-order valence-corrected chi connectivity index (χ2v) is 5.49. The van der Waals surface area contributed by atoms with Crippen molar-refractivity contribution < 1.29 is 14.6 Å². The second kappa shape index (κ2) is 6.95. The van der Waals surface area contributed by atoms with E-state index in [-0.39, 0.29) is 11.4 Å². The van der Waals surface area contributed by atoms with Crippen molar-refractivity contribution in [1.82, 2.24) is 4.90 Å². The highest BCUT2D eigenvalue weighted by Crippen LogP contribution is 2.27.